The highest BCUT2D eigenvalue weighted by Crippen LogP contribution is 2.11. The second-order valence-corrected chi connectivity index (χ2v) is 4.39. The van der Waals surface area contributed by atoms with Gasteiger partial charge in [0, 0.05) is 0 Å². The van der Waals surface area contributed by atoms with Gasteiger partial charge >= 0.3 is 0 Å². The van der Waals surface area contributed by atoms with E-state index in [-0.39, 0.29) is 6.61 Å². The highest BCUT2D eigenvalue weighted by atomic mass is 16.2. The summed E-state index contributed by atoms with van der Waals surface area (Å²) < 4.78 is 0. The van der Waals surface area contributed by atoms with Crippen molar-refractivity contribution in [3.8, 4) is 12.3 Å². The largest absolute Gasteiger partial charge is 0.392 e. The van der Waals surface area contributed by atoms with E-state index in [1.165, 1.54) is 11.1 Å². The average Bonchev–Trinajstić information content (AvgIpc) is 2.29. The smallest absolute Gasteiger partial charge is 0.0614 e. The molecule has 0 radical (unpaired) electrons. The zero-order valence-corrected chi connectivity index (χ0v) is 11.3. The molecule has 0 aliphatic carbocycles. The molecule has 0 spiro atoms. The van der Waals surface area contributed by atoms with E-state index in [1.54, 1.807) is 0 Å². The van der Waals surface area contributed by atoms with Crippen LogP contribution in [0.3, 0.4) is 0 Å². The molecule has 0 aliphatic heterocycles. The van der Waals surface area contributed by atoms with Crippen LogP contribution in [0.1, 0.15) is 46.5 Å². The fourth-order valence-electron chi connectivity index (χ4n) is 1.48. The molecule has 0 aromatic rings. The normalized spacial score (nSPS) is 13.7. The van der Waals surface area contributed by atoms with Crippen molar-refractivity contribution in [2.75, 3.05) is 6.61 Å². The van der Waals surface area contributed by atoms with Gasteiger partial charge in [0.15, 0.2) is 0 Å². The lowest BCUT2D eigenvalue weighted by molar-refractivity contribution is 0.341. The van der Waals surface area contributed by atoms with Crippen LogP contribution in [0.4, 0.5) is 0 Å². The molecule has 1 N–H and O–H groups in total. The summed E-state index contributed by atoms with van der Waals surface area (Å²) in [5.74, 6) is 2.62. The van der Waals surface area contributed by atoms with Gasteiger partial charge in [0.1, 0.15) is 0 Å². The number of allylic oxidation sites excluding steroid dienone is 5. The van der Waals surface area contributed by atoms with Crippen LogP contribution in [-0.2, 0) is 0 Å². The highest BCUT2D eigenvalue weighted by Gasteiger charge is 1.91. The first-order valence-electron chi connectivity index (χ1n) is 6.15. The number of hydrogen-bond acceptors (Lipinski definition) is 1. The molecule has 1 heteroatoms. The van der Waals surface area contributed by atoms with E-state index in [4.69, 9.17) is 11.5 Å². The summed E-state index contributed by atoms with van der Waals surface area (Å²) in [7, 11) is 0. The Morgan fingerprint density at radius 2 is 1.53 bits per heavy atom. The zero-order valence-electron chi connectivity index (χ0n) is 11.3. The van der Waals surface area contributed by atoms with Crippen LogP contribution >= 0.6 is 0 Å². The molecule has 0 amide bonds. The minimum Gasteiger partial charge on any atom is -0.392 e. The van der Waals surface area contributed by atoms with Crippen molar-refractivity contribution in [3.05, 3.63) is 34.9 Å². The lowest BCUT2D eigenvalue weighted by Crippen LogP contribution is -1.82. The molecule has 0 bridgehead atoms. The summed E-state index contributed by atoms with van der Waals surface area (Å²) in [5.41, 5.74) is 3.67. The molecule has 0 atom stereocenters. The van der Waals surface area contributed by atoms with Gasteiger partial charge in [-0.3, -0.25) is 0 Å². The molecule has 0 aromatic carbocycles. The second-order valence-electron chi connectivity index (χ2n) is 4.39. The SMILES string of the molecule is C#C/C(C)=C\CC/C(C)=C/CC/C(C)=C/CO. The van der Waals surface area contributed by atoms with E-state index in [0.717, 1.165) is 31.3 Å². The summed E-state index contributed by atoms with van der Waals surface area (Å²) in [6.45, 7) is 6.31. The lowest BCUT2D eigenvalue weighted by Gasteiger charge is -2.00. The van der Waals surface area contributed by atoms with Crippen molar-refractivity contribution in [3.63, 3.8) is 0 Å². The van der Waals surface area contributed by atoms with E-state index < -0.39 is 0 Å². The standard InChI is InChI=1S/C16H24O/c1-5-14(2)8-6-9-15(3)10-7-11-16(4)12-13-17/h1,8,10,12,17H,6-7,9,11,13H2,2-4H3/b14-8-,15-10+,16-12+. The molecule has 0 saturated carbocycles. The minimum absolute atomic E-state index is 0.144. The van der Waals surface area contributed by atoms with Crippen LogP contribution in [-0.4, -0.2) is 11.7 Å². The highest BCUT2D eigenvalue weighted by molar-refractivity contribution is 5.22. The summed E-state index contributed by atoms with van der Waals surface area (Å²) >= 11 is 0. The van der Waals surface area contributed by atoms with Gasteiger partial charge in [-0.1, -0.05) is 35.3 Å². The zero-order chi connectivity index (χ0) is 13.1. The molecule has 0 rings (SSSR count). The van der Waals surface area contributed by atoms with E-state index in [2.05, 4.69) is 31.9 Å². The maximum Gasteiger partial charge on any atom is 0.0614 e. The van der Waals surface area contributed by atoms with Gasteiger partial charge in [-0.2, -0.15) is 0 Å². The minimum atomic E-state index is 0.144. The van der Waals surface area contributed by atoms with E-state index >= 15 is 0 Å². The molecular formula is C16H24O. The molecule has 0 aliphatic rings. The molecule has 0 aromatic heterocycles. The molecule has 0 heterocycles. The fourth-order valence-corrected chi connectivity index (χ4v) is 1.48. The Morgan fingerprint density at radius 1 is 1.00 bits per heavy atom. The van der Waals surface area contributed by atoms with Crippen LogP contribution < -0.4 is 0 Å². The maximum atomic E-state index is 8.72. The van der Waals surface area contributed by atoms with Gasteiger partial charge in [-0.15, -0.1) is 6.42 Å². The first kappa shape index (κ1) is 15.7. The molecule has 0 unspecified atom stereocenters. The van der Waals surface area contributed by atoms with Crippen molar-refractivity contribution < 1.29 is 5.11 Å². The summed E-state index contributed by atoms with van der Waals surface area (Å²) in [4.78, 5) is 0. The molecule has 0 saturated heterocycles. The van der Waals surface area contributed by atoms with E-state index in [1.807, 2.05) is 13.0 Å². The molecule has 94 valence electrons. The molecule has 17 heavy (non-hydrogen) atoms. The Labute approximate surface area is 106 Å². The topological polar surface area (TPSA) is 20.2 Å². The van der Waals surface area contributed by atoms with Crippen LogP contribution in [0.2, 0.25) is 0 Å². The van der Waals surface area contributed by atoms with Crippen molar-refractivity contribution in [1.82, 2.24) is 0 Å². The summed E-state index contributed by atoms with van der Waals surface area (Å²) in [6, 6.07) is 0. The van der Waals surface area contributed by atoms with Gasteiger partial charge < -0.3 is 5.11 Å². The monoisotopic (exact) mass is 232 g/mol. The summed E-state index contributed by atoms with van der Waals surface area (Å²) in [5, 5.41) is 8.72. The Bertz CT molecular complexity index is 337. The maximum absolute atomic E-state index is 8.72. The van der Waals surface area contributed by atoms with Gasteiger partial charge in [-0.25, -0.2) is 0 Å². The summed E-state index contributed by atoms with van der Waals surface area (Å²) in [6.07, 6.45) is 15.7. The van der Waals surface area contributed by atoms with E-state index in [0.29, 0.717) is 0 Å². The predicted octanol–water partition coefficient (Wildman–Crippen LogP) is 4.01. The third-order valence-electron chi connectivity index (χ3n) is 2.69. The van der Waals surface area contributed by atoms with Crippen molar-refractivity contribution in [2.24, 2.45) is 0 Å². The van der Waals surface area contributed by atoms with Crippen LogP contribution in [0.25, 0.3) is 0 Å². The van der Waals surface area contributed by atoms with Gasteiger partial charge in [-0.05, 0) is 52.0 Å². The molecular weight excluding hydrogens is 208 g/mol. The van der Waals surface area contributed by atoms with E-state index in [9.17, 15) is 0 Å². The van der Waals surface area contributed by atoms with Gasteiger partial charge in [0.25, 0.3) is 0 Å². The number of aliphatic hydroxyl groups is 1. The van der Waals surface area contributed by atoms with Crippen molar-refractivity contribution in [1.29, 1.82) is 0 Å². The van der Waals surface area contributed by atoms with Crippen LogP contribution in [0, 0.1) is 12.3 Å². The molecule has 1 nitrogen and oxygen atoms in total. The average molecular weight is 232 g/mol. The number of aliphatic hydroxyl groups excluding tert-OH is 1. The second kappa shape index (κ2) is 9.93. The Morgan fingerprint density at radius 3 is 2.06 bits per heavy atom. The van der Waals surface area contributed by atoms with Crippen molar-refractivity contribution in [2.45, 2.75) is 46.5 Å². The number of terminal acetylenes is 1. The quantitative estimate of drug-likeness (QED) is 0.519. The third-order valence-corrected chi connectivity index (χ3v) is 2.69. The lowest BCUT2D eigenvalue weighted by atomic mass is 10.1. The third kappa shape index (κ3) is 9.66. The van der Waals surface area contributed by atoms with Crippen LogP contribution in [0.15, 0.2) is 34.9 Å². The first-order chi connectivity index (χ1) is 8.10. The molecule has 0 fully saturated rings. The Kier molecular flexibility index (Phi) is 9.19. The Hall–Kier alpha value is -1.26. The number of rotatable bonds is 7. The van der Waals surface area contributed by atoms with Crippen molar-refractivity contribution >= 4 is 0 Å². The Balaban J connectivity index is 3.88. The number of hydrogen-bond donors (Lipinski definition) is 1. The van der Waals surface area contributed by atoms with Gasteiger partial charge in [0.2, 0.25) is 0 Å². The predicted molar refractivity (Wildman–Crippen MR) is 75.7 cm³/mol. The first-order valence-corrected chi connectivity index (χ1v) is 6.15. The van der Waals surface area contributed by atoms with Gasteiger partial charge in [0.05, 0.1) is 6.61 Å². The fraction of sp³-hybridized carbons (Fsp3) is 0.500. The van der Waals surface area contributed by atoms with Crippen LogP contribution in [0.5, 0.6) is 0 Å².